The molecule has 14 atom stereocenters. The van der Waals surface area contributed by atoms with E-state index in [4.69, 9.17) is 14.2 Å². The first-order valence-electron chi connectivity index (χ1n) is 33.3. The van der Waals surface area contributed by atoms with Crippen molar-refractivity contribution in [3.63, 3.8) is 0 Å². The number of carbonyl (C=O) groups excluding carboxylic acids is 11. The predicted molar refractivity (Wildman–Crippen MR) is 358 cm³/mol. The van der Waals surface area contributed by atoms with E-state index in [1.807, 2.05) is 32.0 Å². The van der Waals surface area contributed by atoms with Gasteiger partial charge in [0.25, 0.3) is 11.8 Å². The van der Waals surface area contributed by atoms with Gasteiger partial charge < -0.3 is 71.2 Å². The Morgan fingerprint density at radius 2 is 1.30 bits per heavy atom. The van der Waals surface area contributed by atoms with Gasteiger partial charge in [0.2, 0.25) is 47.3 Å². The molecule has 28 nitrogen and oxygen atoms in total. The summed E-state index contributed by atoms with van der Waals surface area (Å²) in [5, 5.41) is 46.8. The van der Waals surface area contributed by atoms with Crippen LogP contribution in [0.3, 0.4) is 0 Å². The van der Waals surface area contributed by atoms with Crippen LogP contribution >= 0.6 is 0 Å². The van der Waals surface area contributed by atoms with E-state index in [1.54, 1.807) is 91.6 Å². The van der Waals surface area contributed by atoms with E-state index in [9.17, 15) is 72.9 Å². The van der Waals surface area contributed by atoms with E-state index in [0.717, 1.165) is 22.0 Å². The van der Waals surface area contributed by atoms with E-state index in [-0.39, 0.29) is 55.3 Å². The molecule has 1 fully saturated rings. The number of rotatable bonds is 38. The summed E-state index contributed by atoms with van der Waals surface area (Å²) in [6, 6.07) is 6.86. The number of aliphatic hydroxyl groups excluding tert-OH is 2. The summed E-state index contributed by atoms with van der Waals surface area (Å²) in [5.41, 5.74) is 1.41. The van der Waals surface area contributed by atoms with Crippen LogP contribution in [0.5, 0.6) is 0 Å². The number of hydrogen-bond acceptors (Lipinski definition) is 17. The van der Waals surface area contributed by atoms with Crippen LogP contribution in [0.15, 0.2) is 66.7 Å². The number of anilines is 1. The van der Waals surface area contributed by atoms with Crippen molar-refractivity contribution in [2.24, 2.45) is 29.6 Å². The Labute approximate surface area is 569 Å². The molecular weight excluding hydrogens is 1260 g/mol. The molecule has 0 radical (unpaired) electrons. The van der Waals surface area contributed by atoms with Crippen molar-refractivity contribution in [1.82, 2.24) is 46.2 Å². The van der Waals surface area contributed by atoms with Gasteiger partial charge in [-0.15, -0.1) is 0 Å². The summed E-state index contributed by atoms with van der Waals surface area (Å²) in [4.78, 5) is 166. The number of nitrogens with zero attached hydrogens (tertiary/aromatic N) is 4. The zero-order valence-electron chi connectivity index (χ0n) is 58.7. The molecule has 2 aromatic carbocycles. The monoisotopic (exact) mass is 1360 g/mol. The van der Waals surface area contributed by atoms with Crippen LogP contribution in [0.4, 0.5) is 10.5 Å². The zero-order valence-corrected chi connectivity index (χ0v) is 58.7. The molecule has 2 aliphatic heterocycles. The quantitative estimate of drug-likeness (QED) is 0.0434. The van der Waals surface area contributed by atoms with Crippen LogP contribution in [0.25, 0.3) is 0 Å². The maximum absolute atomic E-state index is 14.8. The van der Waals surface area contributed by atoms with E-state index in [0.29, 0.717) is 36.9 Å². The van der Waals surface area contributed by atoms with Gasteiger partial charge in [0, 0.05) is 72.1 Å². The first-order valence-corrected chi connectivity index (χ1v) is 33.3. The third-order valence-corrected chi connectivity index (χ3v) is 17.8. The molecule has 0 aliphatic carbocycles. The molecule has 2 heterocycles. The Hall–Kier alpha value is -8.34. The SMILES string of the molecule is CC[C@H](C)[C@@H]([C@@H](CC(=O)N1CCC[C@H]1[C@H](OC)[C@@H](C)C(=O)N[C@H](C)[C@@H](O)c1ccccc1)OC)N(C)C(=O)[C@@H](NC(=O)[C@H](C(C)C)N(C)C(=O)OCc1ccc(NC(=O)[C@H](CC(C)C)NC(=O)[C@H](CCC(=O)O)NC(=O)[C@@H](NC(=O)CCN2C(=O)C=CC2=O)C(C)O)cc1)C(C)C. The fourth-order valence-corrected chi connectivity index (χ4v) is 12.1. The van der Waals surface area contributed by atoms with E-state index < -0.39 is 169 Å². The van der Waals surface area contributed by atoms with Crippen molar-refractivity contribution in [2.45, 2.75) is 207 Å². The van der Waals surface area contributed by atoms with Crippen LogP contribution in [-0.4, -0.2) is 214 Å². The number of carboxylic acids is 1. The van der Waals surface area contributed by atoms with Crippen LogP contribution in [-0.2, 0) is 73.6 Å². The number of ether oxygens (including phenoxy) is 3. The number of likely N-dealkylation sites (N-methyl/N-ethyl adjacent to an activating group) is 2. The third-order valence-electron chi connectivity index (χ3n) is 17.8. The van der Waals surface area contributed by atoms with Gasteiger partial charge in [-0.2, -0.15) is 0 Å². The lowest BCUT2D eigenvalue weighted by Gasteiger charge is -2.41. The van der Waals surface area contributed by atoms with Crippen LogP contribution in [0.2, 0.25) is 0 Å². The van der Waals surface area contributed by atoms with Gasteiger partial charge in [-0.1, -0.05) is 111 Å². The number of carboxylic acid groups (broad SMARTS) is 1. The Balaban J connectivity index is 1.39. The first-order chi connectivity index (χ1) is 45.7. The summed E-state index contributed by atoms with van der Waals surface area (Å²) in [7, 11) is 6.02. The van der Waals surface area contributed by atoms with Gasteiger partial charge in [0.1, 0.15) is 36.8 Å². The van der Waals surface area contributed by atoms with Gasteiger partial charge in [-0.05, 0) is 86.5 Å². The lowest BCUT2D eigenvalue weighted by molar-refractivity contribution is -0.148. The number of aliphatic hydroxyl groups is 2. The van der Waals surface area contributed by atoms with Gasteiger partial charge in [-0.3, -0.25) is 62.5 Å². The molecule has 1 unspecified atom stereocenters. The first kappa shape index (κ1) is 81.1. The average Bonchev–Trinajstić information content (AvgIpc) is 1.80. The number of nitrogens with one attached hydrogen (secondary N) is 6. The number of methoxy groups -OCH3 is 2. The highest BCUT2D eigenvalue weighted by molar-refractivity contribution is 6.13. The average molecular weight is 1360 g/mol. The number of likely N-dealkylation sites (tertiary alicyclic amines) is 1. The standard InChI is InChI=1S/C69H104N10O18/c1-16-41(8)60(51(95-14)36-55(84)78-33-20-23-50(78)62(96-15)42(9)63(88)70-43(10)61(87)46-21-18-17-19-22-46)76(12)68(93)57(39(4)5)75-67(92)59(40(6)7)77(13)69(94)97-37-45-24-26-47(27-25-45)71-65(90)49(35-38(2)3)73-64(89)48(28-31-56(85)86)72-66(91)58(44(11)80)74-52(81)32-34-79-53(82)29-30-54(79)83/h17-19,21-22,24-27,29-30,38-44,48-51,57-62,80,87H,16,20,23,28,31-37H2,1-15H3,(H,70,88)(H,71,90)(H,72,91)(H,73,89)(H,74,81)(H,75,92)(H,85,86)/t41-,42+,43+,44?,48-,49-,50-,51+,57-,58-,59-,60-,61+,62+/m0/s1. The van der Waals surface area contributed by atoms with Crippen molar-refractivity contribution in [3.05, 3.63) is 77.9 Å². The number of benzene rings is 2. The molecule has 0 aromatic heterocycles. The fraction of sp³-hybridized carbons (Fsp3) is 0.623. The smallest absolute Gasteiger partial charge is 0.410 e. The van der Waals surface area contributed by atoms with Crippen molar-refractivity contribution >= 4 is 76.8 Å². The van der Waals surface area contributed by atoms with Crippen molar-refractivity contribution in [3.8, 4) is 0 Å². The number of imide groups is 1. The molecule has 97 heavy (non-hydrogen) atoms. The second kappa shape index (κ2) is 38.6. The summed E-state index contributed by atoms with van der Waals surface area (Å²) in [5.74, 6) is -9.68. The molecule has 538 valence electrons. The van der Waals surface area contributed by atoms with Crippen molar-refractivity contribution in [1.29, 1.82) is 0 Å². The Morgan fingerprint density at radius 1 is 0.680 bits per heavy atom. The van der Waals surface area contributed by atoms with Gasteiger partial charge in [-0.25, -0.2) is 4.79 Å². The lowest BCUT2D eigenvalue weighted by atomic mass is 9.89. The Morgan fingerprint density at radius 3 is 1.85 bits per heavy atom. The van der Waals surface area contributed by atoms with Crippen LogP contribution in [0.1, 0.15) is 145 Å². The highest BCUT2D eigenvalue weighted by Crippen LogP contribution is 2.31. The van der Waals surface area contributed by atoms with Crippen molar-refractivity contribution < 1.29 is 87.1 Å². The van der Waals surface area contributed by atoms with Gasteiger partial charge >= 0.3 is 12.1 Å². The molecule has 0 bridgehead atoms. The molecule has 11 amide bonds. The van der Waals surface area contributed by atoms with Gasteiger partial charge in [0.05, 0.1) is 54.9 Å². The summed E-state index contributed by atoms with van der Waals surface area (Å²) < 4.78 is 17.7. The summed E-state index contributed by atoms with van der Waals surface area (Å²) in [6.07, 6.45) is -2.36. The normalized spacial score (nSPS) is 17.9. The minimum atomic E-state index is -1.65. The molecule has 2 aromatic rings. The molecular formula is C69H104N10O18. The second-order valence-corrected chi connectivity index (χ2v) is 26.4. The largest absolute Gasteiger partial charge is 0.481 e. The molecule has 9 N–H and O–H groups in total. The number of carbonyl (C=O) groups is 12. The van der Waals surface area contributed by atoms with E-state index in [1.165, 1.54) is 45.2 Å². The molecule has 2 aliphatic rings. The Kier molecular flexibility index (Phi) is 32.2. The topological polar surface area (TPSA) is 378 Å². The molecule has 0 saturated carbocycles. The molecule has 28 heteroatoms. The fourth-order valence-electron chi connectivity index (χ4n) is 12.1. The molecule has 0 spiro atoms. The minimum Gasteiger partial charge on any atom is -0.481 e. The number of aliphatic carboxylic acids is 1. The number of amides is 11. The van der Waals surface area contributed by atoms with E-state index in [2.05, 4.69) is 31.9 Å². The predicted octanol–water partition coefficient (Wildman–Crippen LogP) is 3.58. The maximum atomic E-state index is 14.8. The summed E-state index contributed by atoms with van der Waals surface area (Å²) in [6.45, 7) is 19.0. The van der Waals surface area contributed by atoms with E-state index >= 15 is 0 Å². The molecule has 1 saturated heterocycles. The highest BCUT2D eigenvalue weighted by Gasteiger charge is 2.44. The maximum Gasteiger partial charge on any atom is 0.410 e. The number of hydrogen-bond donors (Lipinski definition) is 9. The van der Waals surface area contributed by atoms with Crippen molar-refractivity contribution in [2.75, 3.05) is 46.7 Å². The third kappa shape index (κ3) is 23.4. The second-order valence-electron chi connectivity index (χ2n) is 26.4. The summed E-state index contributed by atoms with van der Waals surface area (Å²) >= 11 is 0. The molecule has 4 rings (SSSR count). The zero-order chi connectivity index (χ0) is 72.7. The Bertz CT molecular complexity index is 3040. The minimum absolute atomic E-state index is 0.0909. The van der Waals surface area contributed by atoms with Crippen LogP contribution < -0.4 is 31.9 Å². The lowest BCUT2D eigenvalue weighted by Crippen LogP contribution is -2.60. The van der Waals surface area contributed by atoms with Gasteiger partial charge in [0.15, 0.2) is 0 Å². The highest BCUT2D eigenvalue weighted by atomic mass is 16.6. The van der Waals surface area contributed by atoms with Crippen LogP contribution in [0, 0.1) is 29.6 Å².